The lowest BCUT2D eigenvalue weighted by molar-refractivity contribution is 0.0880. The molecule has 0 rings (SSSR count). The fraction of sp³-hybridized carbons (Fsp3) is 0.875. The van der Waals surface area contributed by atoms with Crippen LogP contribution in [-0.2, 0) is 9.47 Å². The lowest BCUT2D eigenvalue weighted by atomic mass is 10.0. The van der Waals surface area contributed by atoms with Crippen molar-refractivity contribution in [2.24, 2.45) is 10.7 Å². The lowest BCUT2D eigenvalue weighted by Gasteiger charge is -2.22. The molecule has 6 nitrogen and oxygen atoms in total. The third kappa shape index (κ3) is 47.7. The van der Waals surface area contributed by atoms with E-state index in [1.54, 1.807) is 6.08 Å². The van der Waals surface area contributed by atoms with Crippen LogP contribution in [0.2, 0.25) is 0 Å². The molecular weight excluding hydrogens is 763 g/mol. The number of nitrogens with zero attached hydrogens (tertiary/aromatic N) is 2. The number of rotatable bonds is 47. The molecule has 3 N–H and O–H groups in total. The maximum absolute atomic E-state index is 7.00. The predicted octanol–water partition coefficient (Wildman–Crippen LogP) is 17.6. The van der Waals surface area contributed by atoms with Gasteiger partial charge in [0.05, 0.1) is 23.7 Å². The van der Waals surface area contributed by atoms with E-state index in [4.69, 9.17) is 20.3 Å². The topological polar surface area (TPSA) is 80.3 Å². The second-order valence-corrected chi connectivity index (χ2v) is 17.6. The fourth-order valence-electron chi connectivity index (χ4n) is 8.10. The van der Waals surface area contributed by atoms with Crippen LogP contribution in [-0.4, -0.2) is 61.3 Å². The van der Waals surface area contributed by atoms with E-state index < -0.39 is 0 Å². The number of hydrogen-bond acceptors (Lipinski definition) is 5. The molecular formula is C56H115N3O3. The minimum atomic E-state index is 0. The van der Waals surface area contributed by atoms with Crippen LogP contribution < -0.4 is 5.73 Å². The van der Waals surface area contributed by atoms with Gasteiger partial charge in [0.25, 0.3) is 0 Å². The Morgan fingerprint density at radius 2 is 0.952 bits per heavy atom. The molecule has 62 heavy (non-hydrogen) atoms. The van der Waals surface area contributed by atoms with E-state index in [0.29, 0.717) is 18.0 Å². The Kier molecular flexibility index (Phi) is 57.6. The van der Waals surface area contributed by atoms with Crippen molar-refractivity contribution in [3.8, 4) is 0 Å². The highest BCUT2D eigenvalue weighted by Crippen LogP contribution is 2.23. The summed E-state index contributed by atoms with van der Waals surface area (Å²) in [6.07, 6.45) is 49.8. The maximum atomic E-state index is 7.00. The SMILES string of the molecule is C=CC(N)=NCCCN(CCCCCCCC(=C)OC(CC)CCCCCCCC)CCCCCCC/C(=C\C)OC(CCCCCCCC)CCCCCCCC.CC.CO.[HH]. The van der Waals surface area contributed by atoms with Gasteiger partial charge in [-0.05, 0) is 116 Å². The monoisotopic (exact) mass is 878 g/mol. The van der Waals surface area contributed by atoms with E-state index in [1.165, 1.54) is 218 Å². The molecule has 0 aliphatic heterocycles. The van der Waals surface area contributed by atoms with Crippen molar-refractivity contribution in [3.63, 3.8) is 0 Å². The number of nitrogens with two attached hydrogens (primary N) is 1. The average Bonchev–Trinajstić information content (AvgIpc) is 3.30. The van der Waals surface area contributed by atoms with Gasteiger partial charge in [-0.3, -0.25) is 4.99 Å². The quantitative estimate of drug-likeness (QED) is 0.0275. The Morgan fingerprint density at radius 1 is 0.565 bits per heavy atom. The Labute approximate surface area is 391 Å². The van der Waals surface area contributed by atoms with Crippen LogP contribution in [0, 0.1) is 0 Å². The molecule has 0 radical (unpaired) electrons. The Morgan fingerprint density at radius 3 is 1.39 bits per heavy atom. The van der Waals surface area contributed by atoms with Gasteiger partial charge in [0.15, 0.2) is 0 Å². The van der Waals surface area contributed by atoms with Gasteiger partial charge in [0.2, 0.25) is 0 Å². The molecule has 0 amide bonds. The molecule has 0 heterocycles. The summed E-state index contributed by atoms with van der Waals surface area (Å²) in [5, 5.41) is 7.00. The van der Waals surface area contributed by atoms with E-state index in [1.807, 2.05) is 13.8 Å². The lowest BCUT2D eigenvalue weighted by Crippen LogP contribution is -2.28. The molecule has 0 fully saturated rings. The van der Waals surface area contributed by atoms with E-state index in [0.717, 1.165) is 51.6 Å². The highest BCUT2D eigenvalue weighted by Gasteiger charge is 2.13. The molecule has 0 aromatic carbocycles. The summed E-state index contributed by atoms with van der Waals surface area (Å²) in [5.74, 6) is 2.81. The number of unbranched alkanes of at least 4 members (excludes halogenated alkanes) is 23. The highest BCUT2D eigenvalue weighted by molar-refractivity contribution is 5.90. The van der Waals surface area contributed by atoms with Crippen LogP contribution in [0.5, 0.6) is 0 Å². The van der Waals surface area contributed by atoms with Gasteiger partial charge in [0, 0.05) is 27.9 Å². The van der Waals surface area contributed by atoms with Crippen molar-refractivity contribution >= 4 is 5.84 Å². The molecule has 0 spiro atoms. The number of allylic oxidation sites excluding steroid dienone is 3. The summed E-state index contributed by atoms with van der Waals surface area (Å²) in [7, 11) is 1.00. The van der Waals surface area contributed by atoms with Gasteiger partial charge in [-0.15, -0.1) is 0 Å². The molecule has 1 unspecified atom stereocenters. The molecule has 0 bridgehead atoms. The van der Waals surface area contributed by atoms with Crippen LogP contribution in [0.25, 0.3) is 0 Å². The molecule has 6 heteroatoms. The van der Waals surface area contributed by atoms with Crippen molar-refractivity contribution in [1.29, 1.82) is 0 Å². The first kappa shape index (κ1) is 64.5. The van der Waals surface area contributed by atoms with Gasteiger partial charge in [-0.1, -0.05) is 190 Å². The van der Waals surface area contributed by atoms with Crippen LogP contribution in [0.15, 0.2) is 41.8 Å². The molecule has 0 aliphatic rings. The van der Waals surface area contributed by atoms with Crippen molar-refractivity contribution in [2.45, 2.75) is 285 Å². The third-order valence-electron chi connectivity index (χ3n) is 12.0. The summed E-state index contributed by atoms with van der Waals surface area (Å²) in [4.78, 5) is 7.14. The largest absolute Gasteiger partial charge is 0.495 e. The minimum Gasteiger partial charge on any atom is -0.495 e. The van der Waals surface area contributed by atoms with Gasteiger partial charge < -0.3 is 25.2 Å². The van der Waals surface area contributed by atoms with E-state index >= 15 is 0 Å². The molecule has 0 saturated heterocycles. The van der Waals surface area contributed by atoms with Crippen LogP contribution in [0.3, 0.4) is 0 Å². The van der Waals surface area contributed by atoms with Crippen molar-refractivity contribution < 1.29 is 16.0 Å². The summed E-state index contributed by atoms with van der Waals surface area (Å²) in [6, 6.07) is 0. The molecule has 0 saturated carbocycles. The number of aliphatic hydroxyl groups is 1. The van der Waals surface area contributed by atoms with Crippen LogP contribution in [0.1, 0.15) is 275 Å². The highest BCUT2D eigenvalue weighted by atomic mass is 16.5. The van der Waals surface area contributed by atoms with E-state index in [9.17, 15) is 0 Å². The number of ether oxygens (including phenoxy) is 2. The van der Waals surface area contributed by atoms with Crippen LogP contribution in [0.4, 0.5) is 0 Å². The smallest absolute Gasteiger partial charge is 0.117 e. The van der Waals surface area contributed by atoms with Gasteiger partial charge >= 0.3 is 0 Å². The Hall–Kier alpha value is -1.79. The number of aliphatic hydroxyl groups excluding tert-OH is 1. The number of aliphatic imine (C=N–C) groups is 1. The van der Waals surface area contributed by atoms with Gasteiger partial charge in [-0.2, -0.15) is 0 Å². The molecule has 0 aliphatic carbocycles. The zero-order valence-corrected chi connectivity index (χ0v) is 43.5. The fourth-order valence-corrected chi connectivity index (χ4v) is 8.10. The van der Waals surface area contributed by atoms with Gasteiger partial charge in [-0.25, -0.2) is 0 Å². The zero-order chi connectivity index (χ0) is 46.6. The van der Waals surface area contributed by atoms with Crippen molar-refractivity contribution in [1.82, 2.24) is 4.90 Å². The third-order valence-corrected chi connectivity index (χ3v) is 12.0. The summed E-state index contributed by atoms with van der Waals surface area (Å²) in [5.41, 5.74) is 5.87. The molecule has 372 valence electrons. The molecule has 0 aromatic heterocycles. The van der Waals surface area contributed by atoms with E-state index in [-0.39, 0.29) is 1.43 Å². The molecule has 0 aromatic rings. The molecule has 1 atom stereocenters. The Balaban J connectivity index is -0.00000337. The van der Waals surface area contributed by atoms with Crippen molar-refractivity contribution in [2.75, 3.05) is 33.3 Å². The first-order valence-electron chi connectivity index (χ1n) is 27.2. The summed E-state index contributed by atoms with van der Waals surface area (Å²) < 4.78 is 13.0. The normalized spacial score (nSPS) is 12.2. The second-order valence-electron chi connectivity index (χ2n) is 17.6. The average molecular weight is 879 g/mol. The number of amidine groups is 1. The standard InChI is InChI=1S/C53H103N3O2.C2H6.CH4O.H2/c1-8-14-17-20-26-33-41-50(11-4)57-49(7)40-32-25-23-30-37-46-56(48-39-45-55-53(54)13-6)47-38-31-24-29-34-42-51(12-5)58-52(43-35-27-21-18-15-9-2)44-36-28-22-19-16-10-3;2*1-2;/h12-13,50,52H,6-11,14-48H2,1-5H3,(H2,54,55);1-2H3;2H,1H3;1H/b51-12+;;;. The van der Waals surface area contributed by atoms with E-state index in [2.05, 4.69) is 63.7 Å². The zero-order valence-electron chi connectivity index (χ0n) is 43.5. The predicted molar refractivity (Wildman–Crippen MR) is 282 cm³/mol. The van der Waals surface area contributed by atoms with Crippen LogP contribution >= 0.6 is 0 Å². The first-order chi connectivity index (χ1) is 30.4. The maximum Gasteiger partial charge on any atom is 0.117 e. The summed E-state index contributed by atoms with van der Waals surface area (Å²) >= 11 is 0. The van der Waals surface area contributed by atoms with Gasteiger partial charge in [0.1, 0.15) is 5.84 Å². The minimum absolute atomic E-state index is 0. The summed E-state index contributed by atoms with van der Waals surface area (Å²) in [6.45, 7) is 27.6. The second kappa shape index (κ2) is 55.3. The number of hydrogen-bond donors (Lipinski definition) is 2. The Bertz CT molecular complexity index is 942. The first-order valence-corrected chi connectivity index (χ1v) is 27.2. The van der Waals surface area contributed by atoms with Crippen molar-refractivity contribution in [3.05, 3.63) is 36.8 Å².